The molecule has 1 N–H and O–H groups in total. The van der Waals surface area contributed by atoms with Crippen LogP contribution in [0.2, 0.25) is 0 Å². The summed E-state index contributed by atoms with van der Waals surface area (Å²) in [5.74, 6) is 2.22. The van der Waals surface area contributed by atoms with Crippen LogP contribution in [0.15, 0.2) is 48.5 Å². The highest BCUT2D eigenvalue weighted by Crippen LogP contribution is 2.28. The molecule has 10 nitrogen and oxygen atoms in total. The zero-order valence-electron chi connectivity index (χ0n) is 25.9. The van der Waals surface area contributed by atoms with E-state index < -0.39 is 6.03 Å². The number of nitrogens with one attached hydrogen (secondary N) is 1. The molecule has 3 amide bonds. The van der Waals surface area contributed by atoms with Crippen molar-refractivity contribution in [1.29, 1.82) is 0 Å². The largest absolute Gasteiger partial charge is 0.497 e. The third kappa shape index (κ3) is 10.4. The fourth-order valence-corrected chi connectivity index (χ4v) is 5.36. The van der Waals surface area contributed by atoms with Crippen molar-refractivity contribution in [1.82, 2.24) is 9.80 Å². The minimum Gasteiger partial charge on any atom is -0.497 e. The molecular formula is C32H43N3O7S. The number of amides is 3. The molecule has 0 bridgehead atoms. The van der Waals surface area contributed by atoms with Crippen LogP contribution in [-0.2, 0) is 22.5 Å². The fraction of sp³-hybridized carbons (Fsp3) is 0.438. The second-order valence-electron chi connectivity index (χ2n) is 9.77. The van der Waals surface area contributed by atoms with Crippen molar-refractivity contribution in [2.24, 2.45) is 0 Å². The quantitative estimate of drug-likeness (QED) is 0.197. The summed E-state index contributed by atoms with van der Waals surface area (Å²) in [5.41, 5.74) is 1.51. The Bertz CT molecular complexity index is 1310. The fourth-order valence-electron chi connectivity index (χ4n) is 4.45. The Hall–Kier alpha value is -3.96. The minimum atomic E-state index is -0.396. The number of rotatable bonds is 17. The summed E-state index contributed by atoms with van der Waals surface area (Å²) in [4.78, 5) is 32.9. The monoisotopic (exact) mass is 613 g/mol. The zero-order chi connectivity index (χ0) is 31.2. The van der Waals surface area contributed by atoms with Gasteiger partial charge in [0, 0.05) is 59.9 Å². The van der Waals surface area contributed by atoms with Gasteiger partial charge in [0.2, 0.25) is 5.91 Å². The molecular weight excluding hydrogens is 570 g/mol. The van der Waals surface area contributed by atoms with E-state index in [1.165, 1.54) is 9.78 Å². The summed E-state index contributed by atoms with van der Waals surface area (Å²) >= 11 is 1.66. The number of urea groups is 1. The van der Waals surface area contributed by atoms with E-state index in [1.807, 2.05) is 44.2 Å². The number of thiophene rings is 1. The maximum absolute atomic E-state index is 13.8. The Morgan fingerprint density at radius 1 is 0.837 bits per heavy atom. The number of carbonyl (C=O) groups is 2. The molecule has 3 rings (SSSR count). The molecule has 234 valence electrons. The summed E-state index contributed by atoms with van der Waals surface area (Å²) in [6.07, 6.45) is 1.20. The van der Waals surface area contributed by atoms with E-state index in [2.05, 4.69) is 5.32 Å². The van der Waals surface area contributed by atoms with Crippen LogP contribution in [0.25, 0.3) is 0 Å². The van der Waals surface area contributed by atoms with Crippen molar-refractivity contribution in [2.75, 3.05) is 66.6 Å². The van der Waals surface area contributed by atoms with E-state index in [0.717, 1.165) is 10.4 Å². The molecule has 1 heterocycles. The number of hydrogen-bond acceptors (Lipinski definition) is 8. The maximum atomic E-state index is 13.8. The molecule has 0 fully saturated rings. The molecule has 0 unspecified atom stereocenters. The summed E-state index contributed by atoms with van der Waals surface area (Å²) < 4.78 is 27.0. The van der Waals surface area contributed by atoms with Crippen molar-refractivity contribution >= 4 is 29.0 Å². The Morgan fingerprint density at radius 3 is 2.16 bits per heavy atom. The Morgan fingerprint density at radius 2 is 1.56 bits per heavy atom. The van der Waals surface area contributed by atoms with Gasteiger partial charge in [0.05, 0.1) is 35.0 Å². The van der Waals surface area contributed by atoms with Crippen LogP contribution in [0.5, 0.6) is 23.0 Å². The standard InChI is InChI=1S/C32H43N3O7S/c1-7-42-16-8-14-35(32(37)33-25-18-26(38-3)20-27(19-25)39-4)22-31(36)34(21-28-11-9-23(2)43-28)15-13-24-10-12-29(40-5)30(17-24)41-6/h9-12,17-20H,7-8,13-16,21-22H2,1-6H3,(H,33,37). The number of hydrogen-bond donors (Lipinski definition) is 1. The number of benzene rings is 2. The van der Waals surface area contributed by atoms with Crippen molar-refractivity contribution < 1.29 is 33.3 Å². The third-order valence-corrected chi connectivity index (χ3v) is 7.74. The second-order valence-corrected chi connectivity index (χ2v) is 11.1. The van der Waals surface area contributed by atoms with Crippen LogP contribution in [0.4, 0.5) is 10.5 Å². The summed E-state index contributed by atoms with van der Waals surface area (Å²) in [5, 5.41) is 2.90. The first-order chi connectivity index (χ1) is 20.8. The van der Waals surface area contributed by atoms with E-state index in [-0.39, 0.29) is 12.5 Å². The molecule has 0 aliphatic heterocycles. The first-order valence-corrected chi connectivity index (χ1v) is 15.0. The predicted octanol–water partition coefficient (Wildman–Crippen LogP) is 5.62. The first-order valence-electron chi connectivity index (χ1n) is 14.2. The van der Waals surface area contributed by atoms with Gasteiger partial charge in [0.25, 0.3) is 0 Å². The van der Waals surface area contributed by atoms with Crippen LogP contribution >= 0.6 is 11.3 Å². The molecule has 0 radical (unpaired) electrons. The van der Waals surface area contributed by atoms with Crippen molar-refractivity contribution in [3.63, 3.8) is 0 Å². The number of nitrogens with zero attached hydrogens (tertiary/aromatic N) is 2. The highest BCUT2D eigenvalue weighted by Gasteiger charge is 2.23. The zero-order valence-corrected chi connectivity index (χ0v) is 26.8. The summed E-state index contributed by atoms with van der Waals surface area (Å²) in [7, 11) is 6.29. The SMILES string of the molecule is CCOCCCN(CC(=O)N(CCc1ccc(OC)c(OC)c1)Cc1ccc(C)s1)C(=O)Nc1cc(OC)cc(OC)c1. The molecule has 0 saturated carbocycles. The third-order valence-electron chi connectivity index (χ3n) is 6.75. The predicted molar refractivity (Wildman–Crippen MR) is 169 cm³/mol. The second kappa shape index (κ2) is 17.2. The summed E-state index contributed by atoms with van der Waals surface area (Å²) in [6, 6.07) is 14.6. The van der Waals surface area contributed by atoms with Crippen molar-refractivity contribution in [3.8, 4) is 23.0 Å². The van der Waals surface area contributed by atoms with Gasteiger partial charge in [-0.3, -0.25) is 4.79 Å². The molecule has 0 aliphatic rings. The molecule has 43 heavy (non-hydrogen) atoms. The molecule has 11 heteroatoms. The highest BCUT2D eigenvalue weighted by molar-refractivity contribution is 7.11. The van der Waals surface area contributed by atoms with Crippen LogP contribution in [-0.4, -0.2) is 83.0 Å². The molecule has 0 spiro atoms. The van der Waals surface area contributed by atoms with Crippen LogP contribution in [0, 0.1) is 6.92 Å². The van der Waals surface area contributed by atoms with Crippen LogP contribution in [0.1, 0.15) is 28.7 Å². The van der Waals surface area contributed by atoms with Crippen LogP contribution in [0.3, 0.4) is 0 Å². The first kappa shape index (κ1) is 33.5. The molecule has 2 aromatic carbocycles. The van der Waals surface area contributed by atoms with E-state index in [9.17, 15) is 9.59 Å². The van der Waals surface area contributed by atoms with E-state index in [1.54, 1.807) is 62.9 Å². The highest BCUT2D eigenvalue weighted by atomic mass is 32.1. The molecule has 1 aromatic heterocycles. The maximum Gasteiger partial charge on any atom is 0.322 e. The average molecular weight is 614 g/mol. The number of carbonyl (C=O) groups excluding carboxylic acids is 2. The minimum absolute atomic E-state index is 0.0879. The van der Waals surface area contributed by atoms with Crippen molar-refractivity contribution in [2.45, 2.75) is 33.2 Å². The Labute approximate surface area is 258 Å². The smallest absolute Gasteiger partial charge is 0.322 e. The van der Waals surface area contributed by atoms with Gasteiger partial charge in [0.1, 0.15) is 18.0 Å². The van der Waals surface area contributed by atoms with Gasteiger partial charge in [-0.1, -0.05) is 6.07 Å². The van der Waals surface area contributed by atoms with Gasteiger partial charge in [0.15, 0.2) is 11.5 Å². The van der Waals surface area contributed by atoms with Gasteiger partial charge in [-0.2, -0.15) is 0 Å². The van der Waals surface area contributed by atoms with Gasteiger partial charge in [-0.05, 0) is 56.5 Å². The lowest BCUT2D eigenvalue weighted by molar-refractivity contribution is -0.132. The molecule has 3 aromatic rings. The molecule has 0 atom stereocenters. The lowest BCUT2D eigenvalue weighted by atomic mass is 10.1. The number of ether oxygens (including phenoxy) is 5. The van der Waals surface area contributed by atoms with Gasteiger partial charge in [-0.25, -0.2) is 4.79 Å². The number of aryl methyl sites for hydroxylation is 1. The molecule has 0 aliphatic carbocycles. The topological polar surface area (TPSA) is 98.8 Å². The van der Waals surface area contributed by atoms with E-state index >= 15 is 0 Å². The van der Waals surface area contributed by atoms with Crippen LogP contribution < -0.4 is 24.3 Å². The van der Waals surface area contributed by atoms with E-state index in [4.69, 9.17) is 23.7 Å². The van der Waals surface area contributed by atoms with E-state index in [0.29, 0.717) is 74.4 Å². The molecule has 0 saturated heterocycles. The lowest BCUT2D eigenvalue weighted by Crippen LogP contribution is -2.45. The summed E-state index contributed by atoms with van der Waals surface area (Å²) in [6.45, 7) is 6.21. The lowest BCUT2D eigenvalue weighted by Gasteiger charge is -2.28. The Balaban J connectivity index is 1.80. The number of methoxy groups -OCH3 is 4. The number of anilines is 1. The van der Waals surface area contributed by atoms with Crippen molar-refractivity contribution in [3.05, 3.63) is 63.8 Å². The average Bonchev–Trinajstić information content (AvgIpc) is 3.44. The Kier molecular flexibility index (Phi) is 13.4. The normalized spacial score (nSPS) is 10.7. The van der Waals surface area contributed by atoms with Gasteiger partial charge in [-0.15, -0.1) is 11.3 Å². The van der Waals surface area contributed by atoms with Gasteiger partial charge < -0.3 is 38.8 Å². The van der Waals surface area contributed by atoms with Gasteiger partial charge >= 0.3 is 6.03 Å².